The lowest BCUT2D eigenvalue weighted by molar-refractivity contribution is -0.120. The number of ether oxygens (including phenoxy) is 2. The Morgan fingerprint density at radius 2 is 1.79 bits per heavy atom. The number of hydrogen-bond acceptors (Lipinski definition) is 6. The third-order valence-electron chi connectivity index (χ3n) is 5.71. The van der Waals surface area contributed by atoms with Gasteiger partial charge >= 0.3 is 0 Å². The van der Waals surface area contributed by atoms with Gasteiger partial charge in [0.05, 0.1) is 25.0 Å². The Morgan fingerprint density at radius 1 is 1.06 bits per heavy atom. The van der Waals surface area contributed by atoms with Gasteiger partial charge in [0.25, 0.3) is 0 Å². The molecule has 2 N–H and O–H groups in total. The van der Waals surface area contributed by atoms with Crippen LogP contribution >= 0.6 is 0 Å². The maximum atomic E-state index is 13.3. The molecule has 0 spiro atoms. The molecule has 1 fully saturated rings. The zero-order chi connectivity index (χ0) is 23.6. The number of carbonyl (C=O) groups excluding carboxylic acids is 1. The number of methoxy groups -OCH3 is 2. The zero-order valence-electron chi connectivity index (χ0n) is 18.3. The summed E-state index contributed by atoms with van der Waals surface area (Å²) in [6.45, 7) is 0.418. The van der Waals surface area contributed by atoms with Crippen molar-refractivity contribution in [2.24, 2.45) is 5.92 Å². The largest absolute Gasteiger partial charge is 0.497 e. The number of carbonyl (C=O) groups is 1. The van der Waals surface area contributed by atoms with Crippen molar-refractivity contribution in [1.29, 1.82) is 0 Å². The maximum Gasteiger partial charge on any atom is 0.248 e. The van der Waals surface area contributed by atoms with Gasteiger partial charge in [0, 0.05) is 48.6 Å². The van der Waals surface area contributed by atoms with E-state index < -0.39 is 15.9 Å². The number of fused-ring (bicyclic) bond motifs is 1. The van der Waals surface area contributed by atoms with Gasteiger partial charge in [-0.25, -0.2) is 8.42 Å². The van der Waals surface area contributed by atoms with Crippen molar-refractivity contribution in [2.45, 2.75) is 17.7 Å². The van der Waals surface area contributed by atoms with E-state index in [1.54, 1.807) is 30.3 Å². The van der Waals surface area contributed by atoms with Crippen LogP contribution in [-0.4, -0.2) is 50.9 Å². The molecule has 1 amide bonds. The van der Waals surface area contributed by atoms with Gasteiger partial charge < -0.3 is 19.8 Å². The van der Waals surface area contributed by atoms with Crippen molar-refractivity contribution in [1.82, 2.24) is 9.29 Å². The van der Waals surface area contributed by atoms with E-state index in [1.807, 2.05) is 0 Å². The predicted octanol–water partition coefficient (Wildman–Crippen LogP) is 2.58. The predicted molar refractivity (Wildman–Crippen MR) is 124 cm³/mol. The van der Waals surface area contributed by atoms with Crippen molar-refractivity contribution in [2.75, 3.05) is 32.6 Å². The summed E-state index contributed by atoms with van der Waals surface area (Å²) in [4.78, 5) is 27.2. The van der Waals surface area contributed by atoms with Crippen LogP contribution in [0.25, 0.3) is 10.9 Å². The Kier molecular flexibility index (Phi) is 6.39. The van der Waals surface area contributed by atoms with Crippen LogP contribution in [-0.2, 0) is 14.8 Å². The second-order valence-corrected chi connectivity index (χ2v) is 9.80. The lowest BCUT2D eigenvalue weighted by Gasteiger charge is -2.31. The molecule has 10 heteroatoms. The molecule has 0 saturated carbocycles. The summed E-state index contributed by atoms with van der Waals surface area (Å²) in [6, 6.07) is 12.6. The molecule has 1 atom stereocenters. The van der Waals surface area contributed by atoms with Crippen molar-refractivity contribution in [3.05, 3.63) is 58.9 Å². The smallest absolute Gasteiger partial charge is 0.248 e. The number of amides is 1. The van der Waals surface area contributed by atoms with Gasteiger partial charge in [-0.2, -0.15) is 4.31 Å². The Balaban J connectivity index is 1.52. The third-order valence-corrected chi connectivity index (χ3v) is 7.57. The number of aromatic nitrogens is 1. The highest BCUT2D eigenvalue weighted by molar-refractivity contribution is 7.89. The third kappa shape index (κ3) is 4.86. The first-order chi connectivity index (χ1) is 15.8. The fraction of sp³-hybridized carbons (Fsp3) is 0.304. The number of H-pyrrole nitrogens is 1. The van der Waals surface area contributed by atoms with Crippen LogP contribution in [0.3, 0.4) is 0 Å². The number of sulfonamides is 1. The summed E-state index contributed by atoms with van der Waals surface area (Å²) in [5, 5.41) is 3.47. The minimum Gasteiger partial charge on any atom is -0.497 e. The lowest BCUT2D eigenvalue weighted by atomic mass is 9.98. The van der Waals surface area contributed by atoms with Crippen molar-refractivity contribution >= 4 is 32.5 Å². The van der Waals surface area contributed by atoms with E-state index in [4.69, 9.17) is 9.47 Å². The molecule has 3 aromatic rings. The van der Waals surface area contributed by atoms with E-state index in [1.165, 1.54) is 36.7 Å². The molecule has 0 aliphatic carbocycles. The molecule has 1 aliphatic heterocycles. The van der Waals surface area contributed by atoms with Gasteiger partial charge in [-0.15, -0.1) is 0 Å². The van der Waals surface area contributed by atoms with Crippen LogP contribution in [0.4, 0.5) is 5.69 Å². The number of aromatic amines is 1. The molecule has 4 rings (SSSR count). The maximum absolute atomic E-state index is 13.3. The minimum atomic E-state index is -3.80. The summed E-state index contributed by atoms with van der Waals surface area (Å²) in [6.07, 6.45) is 1.15. The Bertz CT molecular complexity index is 1330. The van der Waals surface area contributed by atoms with Gasteiger partial charge in [0.15, 0.2) is 0 Å². The van der Waals surface area contributed by atoms with E-state index >= 15 is 0 Å². The highest BCUT2D eigenvalue weighted by atomic mass is 32.2. The lowest BCUT2D eigenvalue weighted by Crippen LogP contribution is -2.43. The Morgan fingerprint density at radius 3 is 2.48 bits per heavy atom. The highest BCUT2D eigenvalue weighted by Gasteiger charge is 2.33. The second-order valence-electron chi connectivity index (χ2n) is 7.86. The van der Waals surface area contributed by atoms with Crippen molar-refractivity contribution in [3.63, 3.8) is 0 Å². The highest BCUT2D eigenvalue weighted by Crippen LogP contribution is 2.29. The van der Waals surface area contributed by atoms with Gasteiger partial charge in [-0.1, -0.05) is 0 Å². The average Bonchev–Trinajstić information content (AvgIpc) is 2.83. The minimum absolute atomic E-state index is 0.0823. The molecule has 0 unspecified atom stereocenters. The van der Waals surface area contributed by atoms with Crippen LogP contribution in [0.1, 0.15) is 12.8 Å². The van der Waals surface area contributed by atoms with Crippen LogP contribution in [0.2, 0.25) is 0 Å². The fourth-order valence-electron chi connectivity index (χ4n) is 3.94. The molecule has 2 aromatic carbocycles. The average molecular weight is 472 g/mol. The first-order valence-electron chi connectivity index (χ1n) is 10.5. The summed E-state index contributed by atoms with van der Waals surface area (Å²) in [7, 11) is -0.758. The van der Waals surface area contributed by atoms with Crippen LogP contribution in [0.15, 0.2) is 58.2 Å². The van der Waals surface area contributed by atoms with Crippen LogP contribution in [0.5, 0.6) is 11.5 Å². The fourth-order valence-corrected chi connectivity index (χ4v) is 5.50. The molecule has 9 nitrogen and oxygen atoms in total. The molecule has 2 heterocycles. The molecule has 33 heavy (non-hydrogen) atoms. The number of piperidine rings is 1. The summed E-state index contributed by atoms with van der Waals surface area (Å²) in [5.74, 6) is 0.314. The Hall–Kier alpha value is -3.37. The van der Waals surface area contributed by atoms with E-state index in [-0.39, 0.29) is 22.9 Å². The first kappa shape index (κ1) is 22.8. The van der Waals surface area contributed by atoms with Gasteiger partial charge in [-0.05, 0) is 42.5 Å². The SMILES string of the molecule is COc1cc(NC(=O)[C@@H]2CCCN(S(=O)(=O)c3ccc4[nH]c(=O)ccc4c3)C2)cc(OC)c1. The molecule has 1 aromatic heterocycles. The zero-order valence-corrected chi connectivity index (χ0v) is 19.1. The quantitative estimate of drug-likeness (QED) is 0.571. The van der Waals surface area contributed by atoms with Gasteiger partial charge in [0.1, 0.15) is 11.5 Å². The van der Waals surface area contributed by atoms with E-state index in [2.05, 4.69) is 10.3 Å². The number of nitrogens with one attached hydrogen (secondary N) is 2. The van der Waals surface area contributed by atoms with Gasteiger partial charge in [-0.3, -0.25) is 9.59 Å². The molecule has 0 radical (unpaired) electrons. The summed E-state index contributed by atoms with van der Waals surface area (Å²) >= 11 is 0. The number of benzene rings is 2. The number of rotatable bonds is 6. The van der Waals surface area contributed by atoms with E-state index in [0.717, 1.165) is 0 Å². The van der Waals surface area contributed by atoms with Crippen LogP contribution < -0.4 is 20.3 Å². The number of nitrogens with zero attached hydrogens (tertiary/aromatic N) is 1. The summed E-state index contributed by atoms with van der Waals surface area (Å²) < 4.78 is 38.4. The van der Waals surface area contributed by atoms with E-state index in [9.17, 15) is 18.0 Å². The first-order valence-corrected chi connectivity index (χ1v) is 11.9. The molecule has 1 saturated heterocycles. The Labute approximate surface area is 191 Å². The topological polar surface area (TPSA) is 118 Å². The molecule has 0 bridgehead atoms. The second kappa shape index (κ2) is 9.24. The van der Waals surface area contributed by atoms with Crippen LogP contribution in [0, 0.1) is 5.92 Å². The molecular formula is C23H25N3O6S. The van der Waals surface area contributed by atoms with Crippen molar-refractivity contribution in [3.8, 4) is 11.5 Å². The molecule has 174 valence electrons. The summed E-state index contributed by atoms with van der Waals surface area (Å²) in [5.41, 5.74) is 0.822. The molecule has 1 aliphatic rings. The van der Waals surface area contributed by atoms with Crippen molar-refractivity contribution < 1.29 is 22.7 Å². The number of hydrogen-bond donors (Lipinski definition) is 2. The normalized spacial score (nSPS) is 17.0. The molecular weight excluding hydrogens is 446 g/mol. The number of anilines is 1. The monoisotopic (exact) mass is 471 g/mol. The van der Waals surface area contributed by atoms with E-state index in [0.29, 0.717) is 47.5 Å². The number of pyridine rings is 1. The standard InChI is InChI=1S/C23H25N3O6S/c1-31-18-11-17(12-19(13-18)32-2)24-23(28)16-4-3-9-26(14-16)33(29,30)20-6-7-21-15(10-20)5-8-22(27)25-21/h5-8,10-13,16H,3-4,9,14H2,1-2H3,(H,24,28)(H,25,27)/t16-/m1/s1. The van der Waals surface area contributed by atoms with Gasteiger partial charge in [0.2, 0.25) is 21.5 Å².